The van der Waals surface area contributed by atoms with Crippen molar-refractivity contribution >= 4 is 38.8 Å². The number of ketones is 1. The second-order valence-corrected chi connectivity index (χ2v) is 6.41. The first-order chi connectivity index (χ1) is 9.99. The van der Waals surface area contributed by atoms with Crippen molar-refractivity contribution in [1.29, 1.82) is 0 Å². The molecule has 0 aliphatic rings. The predicted octanol–water partition coefficient (Wildman–Crippen LogP) is 5.54. The van der Waals surface area contributed by atoms with Crippen LogP contribution >= 0.6 is 22.9 Å². The Morgan fingerprint density at radius 3 is 2.48 bits per heavy atom. The Labute approximate surface area is 131 Å². The maximum Gasteiger partial charge on any atom is 0.205 e. The monoisotopic (exact) mass is 318 g/mol. The molecule has 1 aromatic heterocycles. The second-order valence-electron chi connectivity index (χ2n) is 4.98. The molecule has 21 heavy (non-hydrogen) atoms. The van der Waals surface area contributed by atoms with Gasteiger partial charge in [-0.2, -0.15) is 0 Å². The van der Waals surface area contributed by atoms with Gasteiger partial charge in [0.05, 0.1) is 9.90 Å². The van der Waals surface area contributed by atoms with Crippen LogP contribution in [0.2, 0.25) is 5.02 Å². The van der Waals surface area contributed by atoms with Crippen LogP contribution in [-0.4, -0.2) is 5.78 Å². The zero-order valence-corrected chi connectivity index (χ0v) is 13.1. The van der Waals surface area contributed by atoms with E-state index in [1.54, 1.807) is 6.07 Å². The smallest absolute Gasteiger partial charge is 0.205 e. The van der Waals surface area contributed by atoms with Crippen molar-refractivity contribution in [3.05, 3.63) is 68.8 Å². The molecular weight excluding hydrogens is 307 g/mol. The number of carbonyl (C=O) groups is 1. The van der Waals surface area contributed by atoms with E-state index in [0.717, 1.165) is 16.5 Å². The number of fused-ring (bicyclic) bond motifs is 1. The third kappa shape index (κ3) is 2.37. The molecule has 0 bridgehead atoms. The Hall–Kier alpha value is -1.71. The molecule has 0 aliphatic heterocycles. The highest BCUT2D eigenvalue weighted by Crippen LogP contribution is 2.37. The molecule has 4 heteroatoms. The van der Waals surface area contributed by atoms with Crippen molar-refractivity contribution in [2.45, 2.75) is 13.8 Å². The highest BCUT2D eigenvalue weighted by molar-refractivity contribution is 7.21. The number of rotatable bonds is 2. The molecule has 0 saturated carbocycles. The number of carbonyl (C=O) groups excluding carboxylic acids is 1. The fourth-order valence-corrected chi connectivity index (χ4v) is 3.96. The summed E-state index contributed by atoms with van der Waals surface area (Å²) >= 11 is 7.56. The summed E-state index contributed by atoms with van der Waals surface area (Å²) in [7, 11) is 0. The number of thiophene rings is 1. The molecule has 0 fully saturated rings. The number of hydrogen-bond donors (Lipinski definition) is 0. The van der Waals surface area contributed by atoms with E-state index in [9.17, 15) is 9.18 Å². The maximum absolute atomic E-state index is 13.3. The van der Waals surface area contributed by atoms with Gasteiger partial charge in [0.25, 0.3) is 0 Å². The lowest BCUT2D eigenvalue weighted by Crippen LogP contribution is -2.04. The van der Waals surface area contributed by atoms with Crippen LogP contribution in [0.5, 0.6) is 0 Å². The van der Waals surface area contributed by atoms with Crippen molar-refractivity contribution in [1.82, 2.24) is 0 Å². The summed E-state index contributed by atoms with van der Waals surface area (Å²) in [5, 5.41) is 1.13. The Kier molecular flexibility index (Phi) is 3.56. The Morgan fingerprint density at radius 1 is 1.14 bits per heavy atom. The molecule has 0 atom stereocenters. The number of benzene rings is 2. The van der Waals surface area contributed by atoms with Gasteiger partial charge in [-0.15, -0.1) is 11.3 Å². The van der Waals surface area contributed by atoms with Crippen molar-refractivity contribution in [3.8, 4) is 0 Å². The van der Waals surface area contributed by atoms with Gasteiger partial charge >= 0.3 is 0 Å². The van der Waals surface area contributed by atoms with Crippen molar-refractivity contribution < 1.29 is 9.18 Å². The van der Waals surface area contributed by atoms with Crippen LogP contribution < -0.4 is 0 Å². The highest BCUT2D eigenvalue weighted by Gasteiger charge is 2.21. The maximum atomic E-state index is 13.3. The third-order valence-corrected chi connectivity index (χ3v) is 5.16. The summed E-state index contributed by atoms with van der Waals surface area (Å²) in [4.78, 5) is 13.3. The van der Waals surface area contributed by atoms with Crippen LogP contribution in [0.15, 0.2) is 36.4 Å². The Bertz CT molecular complexity index is 846. The van der Waals surface area contributed by atoms with E-state index in [0.29, 0.717) is 20.2 Å². The quantitative estimate of drug-likeness (QED) is 0.567. The van der Waals surface area contributed by atoms with Crippen LogP contribution in [0, 0.1) is 19.7 Å². The zero-order chi connectivity index (χ0) is 15.1. The average molecular weight is 319 g/mol. The van der Waals surface area contributed by atoms with Crippen LogP contribution in [-0.2, 0) is 0 Å². The lowest BCUT2D eigenvalue weighted by molar-refractivity contribution is 0.104. The van der Waals surface area contributed by atoms with Gasteiger partial charge in [-0.05, 0) is 43.2 Å². The van der Waals surface area contributed by atoms with Gasteiger partial charge in [0.15, 0.2) is 0 Å². The van der Waals surface area contributed by atoms with Gasteiger partial charge in [0.2, 0.25) is 5.78 Å². The SMILES string of the molecule is Cc1cccc(C)c1C(=O)c1sc2cc(F)ccc2c1Cl. The molecule has 0 saturated heterocycles. The molecular formula is C17H12ClFOS. The van der Waals surface area contributed by atoms with E-state index in [4.69, 9.17) is 11.6 Å². The van der Waals surface area contributed by atoms with Gasteiger partial charge in [-0.1, -0.05) is 29.8 Å². The zero-order valence-electron chi connectivity index (χ0n) is 11.5. The molecule has 0 radical (unpaired) electrons. The topological polar surface area (TPSA) is 17.1 Å². The van der Waals surface area contributed by atoms with Crippen LogP contribution in [0.25, 0.3) is 10.1 Å². The molecule has 1 nitrogen and oxygen atoms in total. The van der Waals surface area contributed by atoms with Gasteiger partial charge in [0, 0.05) is 15.6 Å². The van der Waals surface area contributed by atoms with E-state index in [1.807, 2.05) is 32.0 Å². The molecule has 2 aromatic carbocycles. The van der Waals surface area contributed by atoms with Crippen molar-refractivity contribution in [2.24, 2.45) is 0 Å². The largest absolute Gasteiger partial charge is 0.288 e. The van der Waals surface area contributed by atoms with E-state index < -0.39 is 0 Å². The first-order valence-electron chi connectivity index (χ1n) is 6.47. The van der Waals surface area contributed by atoms with E-state index >= 15 is 0 Å². The standard InChI is InChI=1S/C17H12ClFOS/c1-9-4-3-5-10(2)14(9)16(20)17-15(18)12-7-6-11(19)8-13(12)21-17/h3-8H,1-2H3. The minimum absolute atomic E-state index is 0.0998. The summed E-state index contributed by atoms with van der Waals surface area (Å²) < 4.78 is 14.0. The van der Waals surface area contributed by atoms with Gasteiger partial charge < -0.3 is 0 Å². The van der Waals surface area contributed by atoms with Crippen molar-refractivity contribution in [3.63, 3.8) is 0 Å². The van der Waals surface area contributed by atoms with Gasteiger partial charge in [-0.3, -0.25) is 4.79 Å². The molecule has 3 rings (SSSR count). The first-order valence-corrected chi connectivity index (χ1v) is 7.67. The first kappa shape index (κ1) is 14.2. The molecule has 0 unspecified atom stereocenters. The number of halogens is 2. The lowest BCUT2D eigenvalue weighted by Gasteiger charge is -2.07. The lowest BCUT2D eigenvalue weighted by atomic mass is 9.98. The van der Waals surface area contributed by atoms with E-state index in [1.165, 1.54) is 23.5 Å². The fourth-order valence-electron chi connectivity index (χ4n) is 2.47. The number of aryl methyl sites for hydroxylation is 2. The Balaban J connectivity index is 2.21. The summed E-state index contributed by atoms with van der Waals surface area (Å²) in [6, 6.07) is 10.1. The molecule has 1 heterocycles. The van der Waals surface area contributed by atoms with Gasteiger partial charge in [-0.25, -0.2) is 4.39 Å². The van der Waals surface area contributed by atoms with Gasteiger partial charge in [0.1, 0.15) is 5.82 Å². The summed E-state index contributed by atoms with van der Waals surface area (Å²) in [6.45, 7) is 3.81. The minimum Gasteiger partial charge on any atom is -0.288 e. The molecule has 0 aliphatic carbocycles. The van der Waals surface area contributed by atoms with Crippen molar-refractivity contribution in [2.75, 3.05) is 0 Å². The minimum atomic E-state index is -0.327. The average Bonchev–Trinajstić information content (AvgIpc) is 2.75. The molecule has 106 valence electrons. The Morgan fingerprint density at radius 2 is 1.81 bits per heavy atom. The summed E-state index contributed by atoms with van der Waals surface area (Å²) in [5.41, 5.74) is 2.51. The normalized spacial score (nSPS) is 11.0. The molecule has 0 N–H and O–H groups in total. The van der Waals surface area contributed by atoms with E-state index in [2.05, 4.69) is 0 Å². The van der Waals surface area contributed by atoms with Crippen LogP contribution in [0.4, 0.5) is 4.39 Å². The highest BCUT2D eigenvalue weighted by atomic mass is 35.5. The van der Waals surface area contributed by atoms with E-state index in [-0.39, 0.29) is 11.6 Å². The molecule has 0 amide bonds. The summed E-state index contributed by atoms with van der Waals surface area (Å²) in [6.07, 6.45) is 0. The number of hydrogen-bond acceptors (Lipinski definition) is 2. The van der Waals surface area contributed by atoms with Crippen LogP contribution in [0.3, 0.4) is 0 Å². The summed E-state index contributed by atoms with van der Waals surface area (Å²) in [5.74, 6) is -0.427. The van der Waals surface area contributed by atoms with Crippen LogP contribution in [0.1, 0.15) is 26.4 Å². The molecule has 3 aromatic rings. The second kappa shape index (κ2) is 5.24. The fraction of sp³-hybridized carbons (Fsp3) is 0.118. The third-order valence-electron chi connectivity index (χ3n) is 3.51. The molecule has 0 spiro atoms. The predicted molar refractivity (Wildman–Crippen MR) is 86.1 cm³/mol.